The monoisotopic (exact) mass is 303 g/mol. The molecule has 0 aliphatic carbocycles. The van der Waals surface area contributed by atoms with E-state index in [1.165, 1.54) is 4.90 Å². The number of benzene rings is 1. The Bertz CT molecular complexity index is 559. The quantitative estimate of drug-likeness (QED) is 0.814. The predicted molar refractivity (Wildman–Crippen MR) is 81.7 cm³/mol. The molecule has 1 aromatic rings. The Balaban J connectivity index is 1.91. The van der Waals surface area contributed by atoms with Gasteiger partial charge in [-0.25, -0.2) is 0 Å². The van der Waals surface area contributed by atoms with Gasteiger partial charge < -0.3 is 16.0 Å². The van der Waals surface area contributed by atoms with Crippen molar-refractivity contribution in [1.82, 2.24) is 10.2 Å². The average molecular weight is 303 g/mol. The Morgan fingerprint density at radius 1 is 1.32 bits per heavy atom. The number of likely N-dealkylation sites (tertiary alicyclic amines) is 1. The molecular weight excluding hydrogens is 282 g/mol. The fraction of sp³-hybridized carbons (Fsp3) is 0.438. The standard InChI is InChI=1S/C16H21N3O3/c1-11(16(22)19-9-5-8-13(19)15(17)21)18-14(20)10-12-6-3-2-4-7-12/h2-4,6-7,11,13H,5,8-10H2,1H3,(H2,17,21)(H,18,20)/t11-,13-/m0/s1. The minimum Gasteiger partial charge on any atom is -0.368 e. The molecule has 3 amide bonds. The summed E-state index contributed by atoms with van der Waals surface area (Å²) < 4.78 is 0. The Labute approximate surface area is 129 Å². The summed E-state index contributed by atoms with van der Waals surface area (Å²) in [5.74, 6) is -0.974. The highest BCUT2D eigenvalue weighted by molar-refractivity contribution is 5.92. The van der Waals surface area contributed by atoms with Crippen molar-refractivity contribution in [3.8, 4) is 0 Å². The number of carbonyl (C=O) groups excluding carboxylic acids is 3. The van der Waals surface area contributed by atoms with E-state index in [2.05, 4.69) is 5.32 Å². The Morgan fingerprint density at radius 3 is 2.64 bits per heavy atom. The number of primary amides is 1. The first kappa shape index (κ1) is 16.0. The number of nitrogens with two attached hydrogens (primary N) is 1. The molecule has 1 aliphatic rings. The lowest BCUT2D eigenvalue weighted by Crippen LogP contribution is -2.51. The number of rotatable bonds is 5. The molecule has 1 fully saturated rings. The molecule has 1 heterocycles. The summed E-state index contributed by atoms with van der Waals surface area (Å²) in [5, 5.41) is 2.68. The van der Waals surface area contributed by atoms with E-state index in [4.69, 9.17) is 5.73 Å². The van der Waals surface area contributed by atoms with Crippen LogP contribution in [0.15, 0.2) is 30.3 Å². The molecule has 6 heteroatoms. The number of amides is 3. The molecule has 3 N–H and O–H groups in total. The molecule has 1 saturated heterocycles. The van der Waals surface area contributed by atoms with E-state index in [1.54, 1.807) is 6.92 Å². The van der Waals surface area contributed by atoms with Crippen molar-refractivity contribution in [3.63, 3.8) is 0 Å². The maximum absolute atomic E-state index is 12.4. The molecule has 0 radical (unpaired) electrons. The van der Waals surface area contributed by atoms with E-state index in [1.807, 2.05) is 30.3 Å². The van der Waals surface area contributed by atoms with Crippen LogP contribution in [0.2, 0.25) is 0 Å². The van der Waals surface area contributed by atoms with Crippen molar-refractivity contribution >= 4 is 17.7 Å². The van der Waals surface area contributed by atoms with E-state index >= 15 is 0 Å². The highest BCUT2D eigenvalue weighted by Crippen LogP contribution is 2.17. The lowest BCUT2D eigenvalue weighted by Gasteiger charge is -2.25. The van der Waals surface area contributed by atoms with Gasteiger partial charge in [-0.3, -0.25) is 14.4 Å². The average Bonchev–Trinajstić information content (AvgIpc) is 2.96. The zero-order valence-electron chi connectivity index (χ0n) is 12.6. The van der Waals surface area contributed by atoms with E-state index in [-0.39, 0.29) is 18.2 Å². The second kappa shape index (κ2) is 7.06. The summed E-state index contributed by atoms with van der Waals surface area (Å²) in [6.45, 7) is 2.13. The Hall–Kier alpha value is -2.37. The summed E-state index contributed by atoms with van der Waals surface area (Å²) in [4.78, 5) is 37.1. The summed E-state index contributed by atoms with van der Waals surface area (Å²) in [6.07, 6.45) is 1.56. The molecule has 2 rings (SSSR count). The van der Waals surface area contributed by atoms with Crippen LogP contribution in [0.5, 0.6) is 0 Å². The first-order valence-corrected chi connectivity index (χ1v) is 7.42. The normalized spacial score (nSPS) is 18.8. The zero-order chi connectivity index (χ0) is 16.1. The van der Waals surface area contributed by atoms with Crippen LogP contribution in [-0.2, 0) is 20.8 Å². The minimum atomic E-state index is -0.670. The zero-order valence-corrected chi connectivity index (χ0v) is 12.6. The lowest BCUT2D eigenvalue weighted by molar-refractivity contribution is -0.140. The maximum atomic E-state index is 12.4. The molecule has 118 valence electrons. The largest absolute Gasteiger partial charge is 0.368 e. The van der Waals surface area contributed by atoms with Gasteiger partial charge in [0.1, 0.15) is 12.1 Å². The first-order chi connectivity index (χ1) is 10.5. The maximum Gasteiger partial charge on any atom is 0.245 e. The molecule has 0 unspecified atom stereocenters. The summed E-state index contributed by atoms with van der Waals surface area (Å²) in [5.41, 5.74) is 6.19. The lowest BCUT2D eigenvalue weighted by atomic mass is 10.1. The van der Waals surface area contributed by atoms with Gasteiger partial charge >= 0.3 is 0 Å². The topological polar surface area (TPSA) is 92.5 Å². The molecule has 6 nitrogen and oxygen atoms in total. The summed E-state index contributed by atoms with van der Waals surface area (Å²) in [7, 11) is 0. The van der Waals surface area contributed by atoms with E-state index < -0.39 is 18.0 Å². The van der Waals surface area contributed by atoms with Crippen molar-refractivity contribution in [2.75, 3.05) is 6.54 Å². The van der Waals surface area contributed by atoms with Gasteiger partial charge in [0.2, 0.25) is 17.7 Å². The van der Waals surface area contributed by atoms with Crippen LogP contribution in [0.1, 0.15) is 25.3 Å². The van der Waals surface area contributed by atoms with E-state index in [0.29, 0.717) is 13.0 Å². The minimum absolute atomic E-state index is 0.220. The first-order valence-electron chi connectivity index (χ1n) is 7.42. The fourth-order valence-electron chi connectivity index (χ4n) is 2.71. The second-order valence-corrected chi connectivity index (χ2v) is 5.54. The van der Waals surface area contributed by atoms with E-state index in [0.717, 1.165) is 12.0 Å². The van der Waals surface area contributed by atoms with Gasteiger partial charge in [-0.05, 0) is 25.3 Å². The molecule has 0 bridgehead atoms. The highest BCUT2D eigenvalue weighted by atomic mass is 16.2. The van der Waals surface area contributed by atoms with Crippen molar-refractivity contribution in [1.29, 1.82) is 0 Å². The highest BCUT2D eigenvalue weighted by Gasteiger charge is 2.34. The number of nitrogens with one attached hydrogen (secondary N) is 1. The van der Waals surface area contributed by atoms with Gasteiger partial charge in [-0.2, -0.15) is 0 Å². The fourth-order valence-corrected chi connectivity index (χ4v) is 2.71. The SMILES string of the molecule is C[C@H](NC(=O)Cc1ccccc1)C(=O)N1CCC[C@H]1C(N)=O. The van der Waals surface area contributed by atoms with Crippen LogP contribution in [-0.4, -0.2) is 41.2 Å². The van der Waals surface area contributed by atoms with Gasteiger partial charge in [0.15, 0.2) is 0 Å². The molecular formula is C16H21N3O3. The Kier molecular flexibility index (Phi) is 5.14. The number of carbonyl (C=O) groups is 3. The van der Waals surface area contributed by atoms with Crippen LogP contribution in [0.3, 0.4) is 0 Å². The molecule has 1 aliphatic heterocycles. The van der Waals surface area contributed by atoms with Crippen molar-refractivity contribution in [3.05, 3.63) is 35.9 Å². The van der Waals surface area contributed by atoms with Gasteiger partial charge in [0.25, 0.3) is 0 Å². The smallest absolute Gasteiger partial charge is 0.245 e. The van der Waals surface area contributed by atoms with Crippen LogP contribution in [0, 0.1) is 0 Å². The summed E-state index contributed by atoms with van der Waals surface area (Å²) >= 11 is 0. The number of hydrogen-bond donors (Lipinski definition) is 2. The third-order valence-corrected chi connectivity index (χ3v) is 3.82. The third-order valence-electron chi connectivity index (χ3n) is 3.82. The number of nitrogens with zero attached hydrogens (tertiary/aromatic N) is 1. The van der Waals surface area contributed by atoms with Crippen LogP contribution < -0.4 is 11.1 Å². The molecule has 2 atom stereocenters. The molecule has 0 spiro atoms. The molecule has 0 saturated carbocycles. The van der Waals surface area contributed by atoms with E-state index in [9.17, 15) is 14.4 Å². The van der Waals surface area contributed by atoms with Gasteiger partial charge in [0.05, 0.1) is 6.42 Å². The van der Waals surface area contributed by atoms with Crippen LogP contribution in [0.4, 0.5) is 0 Å². The van der Waals surface area contributed by atoms with Gasteiger partial charge in [0, 0.05) is 6.54 Å². The van der Waals surface area contributed by atoms with Gasteiger partial charge in [-0.15, -0.1) is 0 Å². The summed E-state index contributed by atoms with van der Waals surface area (Å²) in [6, 6.07) is 8.09. The Morgan fingerprint density at radius 2 is 2.00 bits per heavy atom. The van der Waals surface area contributed by atoms with Gasteiger partial charge in [-0.1, -0.05) is 30.3 Å². The van der Waals surface area contributed by atoms with Crippen LogP contribution in [0.25, 0.3) is 0 Å². The molecule has 22 heavy (non-hydrogen) atoms. The second-order valence-electron chi connectivity index (χ2n) is 5.54. The van der Waals surface area contributed by atoms with Crippen LogP contribution >= 0.6 is 0 Å². The number of hydrogen-bond acceptors (Lipinski definition) is 3. The predicted octanol–water partition coefficient (Wildman–Crippen LogP) is 0.210. The van der Waals surface area contributed by atoms with Crippen molar-refractivity contribution in [2.45, 2.75) is 38.3 Å². The van der Waals surface area contributed by atoms with Crippen molar-refractivity contribution in [2.24, 2.45) is 5.73 Å². The molecule has 0 aromatic heterocycles. The molecule has 1 aromatic carbocycles. The van der Waals surface area contributed by atoms with Crippen molar-refractivity contribution < 1.29 is 14.4 Å². The third kappa shape index (κ3) is 3.84.